The highest BCUT2D eigenvalue weighted by Gasteiger charge is 1.96. The van der Waals surface area contributed by atoms with E-state index in [4.69, 9.17) is 4.52 Å². The molecule has 10 heavy (non-hydrogen) atoms. The molecule has 0 N–H and O–H groups in total. The van der Waals surface area contributed by atoms with Crippen molar-refractivity contribution in [1.29, 1.82) is 0 Å². The van der Waals surface area contributed by atoms with Crippen LogP contribution in [-0.2, 0) is 9.09 Å². The molecule has 1 atom stereocenters. The molecule has 0 aliphatic carbocycles. The van der Waals surface area contributed by atoms with E-state index in [1.54, 1.807) is 0 Å². The summed E-state index contributed by atoms with van der Waals surface area (Å²) in [5.41, 5.74) is 0. The highest BCUT2D eigenvalue weighted by Crippen LogP contribution is 2.21. The second kappa shape index (κ2) is 7.83. The van der Waals surface area contributed by atoms with Crippen molar-refractivity contribution in [2.45, 2.75) is 20.8 Å². The van der Waals surface area contributed by atoms with Crippen LogP contribution in [0.4, 0.5) is 0 Å². The van der Waals surface area contributed by atoms with Crippen LogP contribution in [0, 0.1) is 5.92 Å². The topological polar surface area (TPSA) is 26.3 Å². The van der Waals surface area contributed by atoms with Gasteiger partial charge in [0, 0.05) is 6.16 Å². The van der Waals surface area contributed by atoms with Crippen LogP contribution in [0.3, 0.4) is 0 Å². The quantitative estimate of drug-likeness (QED) is 0.476. The molecule has 0 heterocycles. The lowest BCUT2D eigenvalue weighted by Gasteiger charge is -2.03. The van der Waals surface area contributed by atoms with Gasteiger partial charge in [0.05, 0.1) is 6.61 Å². The van der Waals surface area contributed by atoms with Gasteiger partial charge in [-0.3, -0.25) is 4.57 Å². The Hall–Kier alpha value is 0.722. The van der Waals surface area contributed by atoms with Gasteiger partial charge in [0.15, 0.2) is 25.4 Å². The predicted octanol–water partition coefficient (Wildman–Crippen LogP) is 0.970. The maximum Gasteiger partial charge on any atom is 0.191 e. The molecule has 0 radical (unpaired) electrons. The smallest absolute Gasteiger partial charge is 0.191 e. The van der Waals surface area contributed by atoms with E-state index in [0.29, 0.717) is 18.7 Å². The van der Waals surface area contributed by atoms with E-state index in [2.05, 4.69) is 0 Å². The molecule has 0 aromatic rings. The van der Waals surface area contributed by atoms with Crippen LogP contribution < -0.4 is 0 Å². The molecule has 0 aromatic carbocycles. The second-order valence-electron chi connectivity index (χ2n) is 2.43. The van der Waals surface area contributed by atoms with Crippen molar-refractivity contribution >= 4 is 25.4 Å². The third kappa shape index (κ3) is 8.72. The summed E-state index contributed by atoms with van der Waals surface area (Å²) in [5, 5.41) is 0. The summed E-state index contributed by atoms with van der Waals surface area (Å²) < 4.78 is 15.7. The summed E-state index contributed by atoms with van der Waals surface area (Å²) in [6.45, 7) is 6.60. The minimum atomic E-state index is -1.67. The molecule has 0 bridgehead atoms. The number of rotatable bonds is 4. The van der Waals surface area contributed by atoms with Crippen LogP contribution in [0.1, 0.15) is 20.8 Å². The normalized spacial score (nSPS) is 12.8. The van der Waals surface area contributed by atoms with E-state index in [1.807, 2.05) is 20.8 Å². The van der Waals surface area contributed by atoms with Crippen LogP contribution in [0.5, 0.6) is 0 Å². The van der Waals surface area contributed by atoms with Crippen molar-refractivity contribution in [3.05, 3.63) is 0 Å². The number of hydrogen-bond acceptors (Lipinski definition) is 2. The fourth-order valence-electron chi connectivity index (χ4n) is 0.362. The molecule has 62 valence electrons. The molecule has 0 saturated carbocycles. The lowest BCUT2D eigenvalue weighted by Crippen LogP contribution is -1.96. The molecule has 0 aliphatic heterocycles. The molecule has 0 fully saturated rings. The molecule has 4 heteroatoms. The van der Waals surface area contributed by atoms with Gasteiger partial charge in [0.2, 0.25) is 0 Å². The molecular weight excluding hydrogens is 162 g/mol. The van der Waals surface area contributed by atoms with Crippen molar-refractivity contribution < 1.29 is 9.09 Å². The zero-order valence-electron chi connectivity index (χ0n) is 6.31. The maximum atomic E-state index is 10.7. The third-order valence-electron chi connectivity index (χ3n) is 0.866. The van der Waals surface area contributed by atoms with Gasteiger partial charge in [-0.2, -0.15) is 0 Å². The summed E-state index contributed by atoms with van der Waals surface area (Å²) >= 11 is 0. The van der Waals surface area contributed by atoms with Gasteiger partial charge in [-0.15, -0.1) is 0 Å². The van der Waals surface area contributed by atoms with Crippen LogP contribution in [0.25, 0.3) is 0 Å². The highest BCUT2D eigenvalue weighted by atomic mass is 31.1. The van der Waals surface area contributed by atoms with Gasteiger partial charge in [0.25, 0.3) is 0 Å². The van der Waals surface area contributed by atoms with Gasteiger partial charge >= 0.3 is 0 Å². The van der Waals surface area contributed by atoms with Crippen LogP contribution >= 0.6 is 8.03 Å². The van der Waals surface area contributed by atoms with Gasteiger partial charge in [-0.25, -0.2) is 0 Å². The van der Waals surface area contributed by atoms with Crippen LogP contribution in [0.15, 0.2) is 0 Å². The fraction of sp³-hybridized carbons (Fsp3) is 1.00. The Morgan fingerprint density at radius 1 is 1.50 bits per heavy atom. The first-order chi connectivity index (χ1) is 4.16. The van der Waals surface area contributed by atoms with Gasteiger partial charge in [0.1, 0.15) is 0 Å². The second-order valence-corrected chi connectivity index (χ2v) is 4.17. The molecule has 0 aliphatic rings. The Morgan fingerprint density at radius 3 is 2.30 bits per heavy atom. The molecule has 2 nitrogen and oxygen atoms in total. The van der Waals surface area contributed by atoms with Crippen molar-refractivity contribution in [1.82, 2.24) is 0 Å². The van der Waals surface area contributed by atoms with Crippen molar-refractivity contribution in [3.63, 3.8) is 0 Å². The zero-order valence-corrected chi connectivity index (χ0v) is 7.31. The van der Waals surface area contributed by atoms with E-state index in [-0.39, 0.29) is 17.4 Å². The SMILES string of the molecule is CC[PH](=O)OCC(C)C.[AlH3]. The fourth-order valence-corrected chi connectivity index (χ4v) is 1.09. The van der Waals surface area contributed by atoms with Crippen LogP contribution in [-0.4, -0.2) is 30.1 Å². The Bertz CT molecular complexity index is 95.7. The van der Waals surface area contributed by atoms with Crippen molar-refractivity contribution in [3.8, 4) is 0 Å². The first-order valence-corrected chi connectivity index (χ1v) is 4.84. The van der Waals surface area contributed by atoms with E-state index in [0.717, 1.165) is 0 Å². The molecule has 1 unspecified atom stereocenters. The first-order valence-electron chi connectivity index (χ1n) is 3.32. The summed E-state index contributed by atoms with van der Waals surface area (Å²) in [5.74, 6) is 0.491. The Labute approximate surface area is 74.3 Å². The highest BCUT2D eigenvalue weighted by molar-refractivity contribution is 7.39. The minimum Gasteiger partial charge on any atom is -0.330 e. The van der Waals surface area contributed by atoms with E-state index in [9.17, 15) is 4.57 Å². The van der Waals surface area contributed by atoms with E-state index in [1.165, 1.54) is 0 Å². The van der Waals surface area contributed by atoms with Crippen LogP contribution in [0.2, 0.25) is 0 Å². The van der Waals surface area contributed by atoms with Gasteiger partial charge in [-0.05, 0) is 5.92 Å². The summed E-state index contributed by atoms with van der Waals surface area (Å²) in [6.07, 6.45) is 0.664. The Kier molecular flexibility index (Phi) is 10.4. The average molecular weight is 180 g/mol. The molecular formula is C6H18AlO2P. The summed E-state index contributed by atoms with van der Waals surface area (Å²) in [6, 6.07) is 0. The molecule has 0 spiro atoms. The standard InChI is InChI=1S/C6H15O2P.Al.3H/c1-4-9(7)8-5-6(2)3;;;;/h6,9H,4-5H2,1-3H3;;;;. The molecule has 0 aromatic heterocycles. The monoisotopic (exact) mass is 180 g/mol. The van der Waals surface area contributed by atoms with E-state index < -0.39 is 8.03 Å². The molecule has 0 amide bonds. The largest absolute Gasteiger partial charge is 0.330 e. The zero-order chi connectivity index (χ0) is 7.28. The number of hydrogen-bond donors (Lipinski definition) is 0. The van der Waals surface area contributed by atoms with E-state index >= 15 is 0 Å². The minimum absolute atomic E-state index is 0. The third-order valence-corrected chi connectivity index (χ3v) is 1.93. The van der Waals surface area contributed by atoms with Gasteiger partial charge in [-0.1, -0.05) is 20.8 Å². The van der Waals surface area contributed by atoms with Crippen molar-refractivity contribution in [2.75, 3.05) is 12.8 Å². The summed E-state index contributed by atoms with van der Waals surface area (Å²) in [7, 11) is -1.67. The lowest BCUT2D eigenvalue weighted by molar-refractivity contribution is 0.283. The molecule has 0 saturated heterocycles. The predicted molar refractivity (Wildman–Crippen MR) is 50.3 cm³/mol. The first kappa shape index (κ1) is 13.3. The Balaban J connectivity index is 0. The molecule has 0 rings (SSSR count). The lowest BCUT2D eigenvalue weighted by atomic mass is 10.2. The van der Waals surface area contributed by atoms with Gasteiger partial charge < -0.3 is 4.52 Å². The summed E-state index contributed by atoms with van der Waals surface area (Å²) in [4.78, 5) is 0. The van der Waals surface area contributed by atoms with Crippen molar-refractivity contribution in [2.24, 2.45) is 5.92 Å². The maximum absolute atomic E-state index is 10.7. The average Bonchev–Trinajstić information content (AvgIpc) is 1.83. The Morgan fingerprint density at radius 2 is 2.00 bits per heavy atom.